The number of ether oxygens (including phenoxy) is 1. The molecule has 2 aromatic rings. The van der Waals surface area contributed by atoms with Crippen molar-refractivity contribution in [1.82, 2.24) is 0 Å². The Bertz CT molecular complexity index is 781. The third-order valence-electron chi connectivity index (χ3n) is 2.89. The average Bonchev–Trinajstić information content (AvgIpc) is 2.83. The van der Waals surface area contributed by atoms with Gasteiger partial charge in [-0.25, -0.2) is 9.79 Å². The highest BCUT2D eigenvalue weighted by molar-refractivity contribution is 6.32. The number of nitrogens with zero attached hydrogens (tertiary/aromatic N) is 1. The Morgan fingerprint density at radius 1 is 1.05 bits per heavy atom. The van der Waals surface area contributed by atoms with E-state index in [9.17, 15) is 4.79 Å². The molecule has 0 atom stereocenters. The molecule has 0 saturated carbocycles. The zero-order valence-electron chi connectivity index (χ0n) is 10.7. The van der Waals surface area contributed by atoms with Crippen molar-refractivity contribution in [3.63, 3.8) is 0 Å². The van der Waals surface area contributed by atoms with Gasteiger partial charge < -0.3 is 4.74 Å². The van der Waals surface area contributed by atoms with Crippen molar-refractivity contribution in [1.29, 1.82) is 0 Å². The van der Waals surface area contributed by atoms with Gasteiger partial charge in [-0.2, -0.15) is 0 Å². The maximum atomic E-state index is 11.9. The molecule has 0 fully saturated rings. The molecule has 1 aliphatic heterocycles. The molecule has 0 aromatic heterocycles. The summed E-state index contributed by atoms with van der Waals surface area (Å²) in [6.07, 6.45) is 1.60. The van der Waals surface area contributed by atoms with Gasteiger partial charge in [0.15, 0.2) is 5.70 Å². The molecule has 0 unspecified atom stereocenters. The van der Waals surface area contributed by atoms with Crippen LogP contribution in [0.15, 0.2) is 59.2 Å². The number of rotatable bonds is 2. The van der Waals surface area contributed by atoms with E-state index in [0.29, 0.717) is 21.2 Å². The molecular weight excluding hydrogens is 309 g/mol. The number of aliphatic imine (C=N–C) groups is 1. The number of esters is 1. The Balaban J connectivity index is 1.98. The molecule has 0 amide bonds. The second-order valence-corrected chi connectivity index (χ2v) is 5.21. The molecule has 0 radical (unpaired) electrons. The molecule has 0 bridgehead atoms. The normalized spacial score (nSPS) is 16.0. The van der Waals surface area contributed by atoms with E-state index in [1.807, 2.05) is 12.1 Å². The Morgan fingerprint density at radius 2 is 1.86 bits per heavy atom. The number of carbonyl (C=O) groups excluding carboxylic acids is 1. The van der Waals surface area contributed by atoms with Gasteiger partial charge in [0, 0.05) is 15.6 Å². The number of halogens is 2. The minimum Gasteiger partial charge on any atom is -0.402 e. The number of benzene rings is 2. The van der Waals surface area contributed by atoms with Gasteiger partial charge in [-0.3, -0.25) is 0 Å². The molecule has 2 aromatic carbocycles. The maximum Gasteiger partial charge on any atom is 0.363 e. The number of hydrogen-bond donors (Lipinski definition) is 0. The van der Waals surface area contributed by atoms with Crippen molar-refractivity contribution in [3.05, 3.63) is 75.4 Å². The Labute approximate surface area is 131 Å². The lowest BCUT2D eigenvalue weighted by molar-refractivity contribution is -0.129. The largest absolute Gasteiger partial charge is 0.402 e. The van der Waals surface area contributed by atoms with Gasteiger partial charge >= 0.3 is 5.97 Å². The summed E-state index contributed by atoms with van der Waals surface area (Å²) < 4.78 is 5.17. The van der Waals surface area contributed by atoms with E-state index >= 15 is 0 Å². The summed E-state index contributed by atoms with van der Waals surface area (Å²) in [5.74, 6) is -0.273. The molecule has 3 nitrogen and oxygen atoms in total. The molecule has 3 rings (SSSR count). The predicted molar refractivity (Wildman–Crippen MR) is 83.5 cm³/mol. The van der Waals surface area contributed by atoms with Crippen LogP contribution in [0.3, 0.4) is 0 Å². The fraction of sp³-hybridized carbons (Fsp3) is 0. The molecular formula is C16H9Cl2NO2. The third kappa shape index (κ3) is 2.99. The SMILES string of the molecule is O=C1OC(c2cccc(Cl)c2)=NC1=Cc1ccccc1Cl. The van der Waals surface area contributed by atoms with Crippen molar-refractivity contribution in [2.75, 3.05) is 0 Å². The van der Waals surface area contributed by atoms with Crippen LogP contribution in [0.5, 0.6) is 0 Å². The summed E-state index contributed by atoms with van der Waals surface area (Å²) in [5.41, 5.74) is 1.57. The monoisotopic (exact) mass is 317 g/mol. The second kappa shape index (κ2) is 5.72. The lowest BCUT2D eigenvalue weighted by atomic mass is 10.2. The smallest absolute Gasteiger partial charge is 0.363 e. The van der Waals surface area contributed by atoms with Crippen molar-refractivity contribution in [2.24, 2.45) is 4.99 Å². The first kappa shape index (κ1) is 13.9. The number of cyclic esters (lactones) is 1. The maximum absolute atomic E-state index is 11.9. The standard InChI is InChI=1S/C16H9Cl2NO2/c17-12-6-3-5-11(8-12)15-19-14(16(20)21-15)9-10-4-1-2-7-13(10)18/h1-9H. The first-order valence-corrected chi connectivity index (χ1v) is 6.92. The van der Waals surface area contributed by atoms with Crippen LogP contribution >= 0.6 is 23.2 Å². The minimum atomic E-state index is -0.509. The highest BCUT2D eigenvalue weighted by Crippen LogP contribution is 2.23. The summed E-state index contributed by atoms with van der Waals surface area (Å²) in [7, 11) is 0. The van der Waals surface area contributed by atoms with Gasteiger partial charge in [-0.15, -0.1) is 0 Å². The fourth-order valence-electron chi connectivity index (χ4n) is 1.89. The summed E-state index contributed by atoms with van der Waals surface area (Å²) >= 11 is 12.0. The fourth-order valence-corrected chi connectivity index (χ4v) is 2.27. The van der Waals surface area contributed by atoms with Gasteiger partial charge in [0.05, 0.1) is 0 Å². The second-order valence-electron chi connectivity index (χ2n) is 4.37. The third-order valence-corrected chi connectivity index (χ3v) is 3.47. The summed E-state index contributed by atoms with van der Waals surface area (Å²) in [6, 6.07) is 14.2. The molecule has 0 spiro atoms. The lowest BCUT2D eigenvalue weighted by Crippen LogP contribution is -2.05. The number of carbonyl (C=O) groups is 1. The van der Waals surface area contributed by atoms with Gasteiger partial charge in [0.2, 0.25) is 5.90 Å². The van der Waals surface area contributed by atoms with Gasteiger partial charge in [-0.05, 0) is 35.9 Å². The van der Waals surface area contributed by atoms with E-state index in [4.69, 9.17) is 27.9 Å². The van der Waals surface area contributed by atoms with Crippen molar-refractivity contribution in [2.45, 2.75) is 0 Å². The van der Waals surface area contributed by atoms with E-state index in [1.165, 1.54) is 0 Å². The molecule has 0 aliphatic carbocycles. The topological polar surface area (TPSA) is 38.7 Å². The van der Waals surface area contributed by atoms with E-state index < -0.39 is 5.97 Å². The zero-order valence-corrected chi connectivity index (χ0v) is 12.2. The predicted octanol–water partition coefficient (Wildman–Crippen LogP) is 4.34. The summed E-state index contributed by atoms with van der Waals surface area (Å²) in [4.78, 5) is 16.1. The van der Waals surface area contributed by atoms with Crippen LogP contribution in [-0.4, -0.2) is 11.9 Å². The van der Waals surface area contributed by atoms with Crippen LogP contribution in [0.1, 0.15) is 11.1 Å². The molecule has 0 saturated heterocycles. The number of hydrogen-bond acceptors (Lipinski definition) is 3. The zero-order chi connectivity index (χ0) is 14.8. The van der Waals surface area contributed by atoms with Gasteiger partial charge in [0.25, 0.3) is 0 Å². The Morgan fingerprint density at radius 3 is 2.62 bits per heavy atom. The Kier molecular flexibility index (Phi) is 3.78. The van der Waals surface area contributed by atoms with Gasteiger partial charge in [0.1, 0.15) is 0 Å². The summed E-state index contributed by atoms with van der Waals surface area (Å²) in [5, 5.41) is 1.10. The van der Waals surface area contributed by atoms with Gasteiger partial charge in [-0.1, -0.05) is 47.5 Å². The van der Waals surface area contributed by atoms with E-state index in [0.717, 1.165) is 0 Å². The van der Waals surface area contributed by atoms with Crippen molar-refractivity contribution in [3.8, 4) is 0 Å². The van der Waals surface area contributed by atoms with E-state index in [-0.39, 0.29) is 11.6 Å². The first-order valence-electron chi connectivity index (χ1n) is 6.16. The molecule has 104 valence electrons. The molecule has 1 heterocycles. The van der Waals surface area contributed by atoms with Crippen LogP contribution < -0.4 is 0 Å². The minimum absolute atomic E-state index is 0.207. The lowest BCUT2D eigenvalue weighted by Gasteiger charge is -1.99. The van der Waals surface area contributed by atoms with Crippen LogP contribution in [-0.2, 0) is 9.53 Å². The first-order chi connectivity index (χ1) is 10.1. The Hall–Kier alpha value is -2.10. The van der Waals surface area contributed by atoms with E-state index in [2.05, 4.69) is 4.99 Å². The van der Waals surface area contributed by atoms with Crippen molar-refractivity contribution >= 4 is 41.1 Å². The quantitative estimate of drug-likeness (QED) is 0.610. The van der Waals surface area contributed by atoms with Crippen molar-refractivity contribution < 1.29 is 9.53 Å². The van der Waals surface area contributed by atoms with Crippen LogP contribution in [0.2, 0.25) is 10.0 Å². The summed E-state index contributed by atoms with van der Waals surface area (Å²) in [6.45, 7) is 0. The molecule has 1 aliphatic rings. The average molecular weight is 318 g/mol. The van der Waals surface area contributed by atoms with E-state index in [1.54, 1.807) is 42.5 Å². The highest BCUT2D eigenvalue weighted by atomic mass is 35.5. The molecule has 5 heteroatoms. The van der Waals surface area contributed by atoms with Crippen LogP contribution in [0, 0.1) is 0 Å². The van der Waals surface area contributed by atoms with Crippen LogP contribution in [0.4, 0.5) is 0 Å². The molecule has 0 N–H and O–H groups in total. The highest BCUT2D eigenvalue weighted by Gasteiger charge is 2.24. The van der Waals surface area contributed by atoms with Crippen LogP contribution in [0.25, 0.3) is 6.08 Å². The molecule has 21 heavy (non-hydrogen) atoms.